The van der Waals surface area contributed by atoms with E-state index in [1.807, 2.05) is 6.92 Å². The molecule has 0 heterocycles. The van der Waals surface area contributed by atoms with Gasteiger partial charge in [0.1, 0.15) is 0 Å². The molecule has 0 unspecified atom stereocenters. The molecular formula is C6H14N2S. The number of nitrogens with two attached hydrogens (primary N) is 2. The van der Waals surface area contributed by atoms with Gasteiger partial charge < -0.3 is 11.5 Å². The SMILES string of the molecule is CCC[C@@](C)(N)C(N)=S. The van der Waals surface area contributed by atoms with E-state index in [-0.39, 0.29) is 0 Å². The molecule has 0 rings (SSSR count). The smallest absolute Gasteiger partial charge is 0.0926 e. The third kappa shape index (κ3) is 2.77. The Morgan fingerprint density at radius 1 is 1.67 bits per heavy atom. The molecule has 4 N–H and O–H groups in total. The van der Waals surface area contributed by atoms with Gasteiger partial charge in [-0.2, -0.15) is 0 Å². The van der Waals surface area contributed by atoms with Crippen molar-refractivity contribution in [1.82, 2.24) is 0 Å². The van der Waals surface area contributed by atoms with Crippen LogP contribution in [-0.4, -0.2) is 10.5 Å². The minimum atomic E-state index is -0.440. The Balaban J connectivity index is 3.85. The lowest BCUT2D eigenvalue weighted by Gasteiger charge is -2.21. The summed E-state index contributed by atoms with van der Waals surface area (Å²) in [6, 6.07) is 0. The van der Waals surface area contributed by atoms with Crippen LogP contribution in [0.5, 0.6) is 0 Å². The van der Waals surface area contributed by atoms with Gasteiger partial charge in [-0.25, -0.2) is 0 Å². The quantitative estimate of drug-likeness (QED) is 0.579. The average molecular weight is 146 g/mol. The van der Waals surface area contributed by atoms with Crippen LogP contribution in [0.25, 0.3) is 0 Å². The maximum atomic E-state index is 5.70. The zero-order valence-corrected chi connectivity index (χ0v) is 6.79. The van der Waals surface area contributed by atoms with Crippen molar-refractivity contribution < 1.29 is 0 Å². The second-order valence-electron chi connectivity index (χ2n) is 2.53. The van der Waals surface area contributed by atoms with Crippen LogP contribution in [0, 0.1) is 0 Å². The van der Waals surface area contributed by atoms with Crippen LogP contribution in [0.3, 0.4) is 0 Å². The second kappa shape index (κ2) is 3.13. The van der Waals surface area contributed by atoms with Gasteiger partial charge in [-0.1, -0.05) is 25.6 Å². The first-order valence-corrected chi connectivity index (χ1v) is 3.50. The van der Waals surface area contributed by atoms with E-state index in [1.165, 1.54) is 0 Å². The summed E-state index contributed by atoms with van der Waals surface area (Å²) in [6.45, 7) is 3.92. The Bertz CT molecular complexity index is 110. The van der Waals surface area contributed by atoms with Gasteiger partial charge in [-0.05, 0) is 13.3 Å². The molecule has 0 saturated carbocycles. The molecule has 0 aliphatic carbocycles. The maximum Gasteiger partial charge on any atom is 0.0926 e. The minimum Gasteiger partial charge on any atom is -0.392 e. The fraction of sp³-hybridized carbons (Fsp3) is 0.833. The second-order valence-corrected chi connectivity index (χ2v) is 2.97. The molecule has 54 valence electrons. The normalized spacial score (nSPS) is 16.8. The van der Waals surface area contributed by atoms with Crippen molar-refractivity contribution in [3.63, 3.8) is 0 Å². The van der Waals surface area contributed by atoms with Gasteiger partial charge in [0.05, 0.1) is 10.5 Å². The summed E-state index contributed by atoms with van der Waals surface area (Å²) in [7, 11) is 0. The fourth-order valence-electron chi connectivity index (χ4n) is 0.643. The number of thiocarbonyl (C=S) groups is 1. The molecule has 0 spiro atoms. The molecule has 3 heteroatoms. The van der Waals surface area contributed by atoms with Gasteiger partial charge in [-0.15, -0.1) is 0 Å². The largest absolute Gasteiger partial charge is 0.392 e. The van der Waals surface area contributed by atoms with Crippen molar-refractivity contribution in [3.8, 4) is 0 Å². The van der Waals surface area contributed by atoms with Crippen LogP contribution in [0.2, 0.25) is 0 Å². The molecule has 1 atom stereocenters. The molecular weight excluding hydrogens is 132 g/mol. The molecule has 0 aromatic heterocycles. The van der Waals surface area contributed by atoms with E-state index in [9.17, 15) is 0 Å². The summed E-state index contributed by atoms with van der Waals surface area (Å²) in [6.07, 6.45) is 1.88. The number of hydrogen-bond acceptors (Lipinski definition) is 2. The summed E-state index contributed by atoms with van der Waals surface area (Å²) in [5, 5.41) is 0. The molecule has 0 bridgehead atoms. The van der Waals surface area contributed by atoms with Gasteiger partial charge in [0.25, 0.3) is 0 Å². The van der Waals surface area contributed by atoms with E-state index < -0.39 is 5.54 Å². The van der Waals surface area contributed by atoms with Gasteiger partial charge in [0.2, 0.25) is 0 Å². The Morgan fingerprint density at radius 3 is 2.22 bits per heavy atom. The Kier molecular flexibility index (Phi) is 3.08. The molecule has 9 heavy (non-hydrogen) atoms. The lowest BCUT2D eigenvalue weighted by atomic mass is 9.98. The molecule has 0 aromatic rings. The third-order valence-electron chi connectivity index (χ3n) is 1.33. The highest BCUT2D eigenvalue weighted by Gasteiger charge is 2.19. The molecule has 0 radical (unpaired) electrons. The lowest BCUT2D eigenvalue weighted by molar-refractivity contribution is 0.561. The Morgan fingerprint density at radius 2 is 2.11 bits per heavy atom. The third-order valence-corrected chi connectivity index (χ3v) is 1.80. The summed E-state index contributed by atoms with van der Waals surface area (Å²) < 4.78 is 0. The van der Waals surface area contributed by atoms with E-state index >= 15 is 0 Å². The van der Waals surface area contributed by atoms with Crippen LogP contribution >= 0.6 is 12.2 Å². The molecule has 0 aromatic carbocycles. The summed E-state index contributed by atoms with van der Waals surface area (Å²) in [4.78, 5) is 0.407. The molecule has 0 aliphatic rings. The molecule has 0 amide bonds. The van der Waals surface area contributed by atoms with E-state index in [0.717, 1.165) is 12.8 Å². The highest BCUT2D eigenvalue weighted by atomic mass is 32.1. The maximum absolute atomic E-state index is 5.70. The van der Waals surface area contributed by atoms with Crippen LogP contribution in [0.4, 0.5) is 0 Å². The fourth-order valence-corrected chi connectivity index (χ4v) is 0.745. The summed E-state index contributed by atoms with van der Waals surface area (Å²) >= 11 is 4.75. The van der Waals surface area contributed by atoms with Crippen molar-refractivity contribution in [2.75, 3.05) is 0 Å². The predicted molar refractivity (Wildman–Crippen MR) is 44.3 cm³/mol. The predicted octanol–water partition coefficient (Wildman–Crippen LogP) is 0.790. The van der Waals surface area contributed by atoms with Crippen LogP contribution in [-0.2, 0) is 0 Å². The van der Waals surface area contributed by atoms with E-state index in [1.54, 1.807) is 0 Å². The van der Waals surface area contributed by atoms with Gasteiger partial charge in [0.15, 0.2) is 0 Å². The molecule has 0 fully saturated rings. The lowest BCUT2D eigenvalue weighted by Crippen LogP contribution is -2.47. The van der Waals surface area contributed by atoms with Crippen LogP contribution in [0.15, 0.2) is 0 Å². The van der Waals surface area contributed by atoms with Crippen LogP contribution < -0.4 is 11.5 Å². The number of rotatable bonds is 3. The minimum absolute atomic E-state index is 0.407. The van der Waals surface area contributed by atoms with Crippen molar-refractivity contribution in [2.24, 2.45) is 11.5 Å². The monoisotopic (exact) mass is 146 g/mol. The average Bonchev–Trinajstić information content (AvgIpc) is 1.65. The van der Waals surface area contributed by atoms with E-state index in [0.29, 0.717) is 4.99 Å². The van der Waals surface area contributed by atoms with Crippen LogP contribution in [0.1, 0.15) is 26.7 Å². The van der Waals surface area contributed by atoms with Crippen molar-refractivity contribution in [1.29, 1.82) is 0 Å². The van der Waals surface area contributed by atoms with E-state index in [2.05, 4.69) is 6.92 Å². The zero-order chi connectivity index (χ0) is 7.49. The number of hydrogen-bond donors (Lipinski definition) is 2. The van der Waals surface area contributed by atoms with Crippen molar-refractivity contribution in [3.05, 3.63) is 0 Å². The van der Waals surface area contributed by atoms with Gasteiger partial charge in [-0.3, -0.25) is 0 Å². The zero-order valence-electron chi connectivity index (χ0n) is 5.98. The van der Waals surface area contributed by atoms with Crippen molar-refractivity contribution in [2.45, 2.75) is 32.2 Å². The topological polar surface area (TPSA) is 52.0 Å². The van der Waals surface area contributed by atoms with Crippen molar-refractivity contribution >= 4 is 17.2 Å². The molecule has 0 aliphatic heterocycles. The Hall–Kier alpha value is -0.150. The summed E-state index contributed by atoms with van der Waals surface area (Å²) in [5.41, 5.74) is 10.6. The van der Waals surface area contributed by atoms with Gasteiger partial charge >= 0.3 is 0 Å². The standard InChI is InChI=1S/C6H14N2S/c1-3-4-6(2,8)5(7)9/h3-4,8H2,1-2H3,(H2,7,9)/t6-/m1/s1. The molecule has 2 nitrogen and oxygen atoms in total. The molecule has 0 saturated heterocycles. The first-order chi connectivity index (χ1) is 4.00. The first kappa shape index (κ1) is 8.85. The van der Waals surface area contributed by atoms with Gasteiger partial charge in [0, 0.05) is 0 Å². The highest BCUT2D eigenvalue weighted by molar-refractivity contribution is 7.80. The highest BCUT2D eigenvalue weighted by Crippen LogP contribution is 2.07. The van der Waals surface area contributed by atoms with E-state index in [4.69, 9.17) is 23.7 Å². The Labute approximate surface area is 61.6 Å². The first-order valence-electron chi connectivity index (χ1n) is 3.09. The summed E-state index contributed by atoms with van der Waals surface area (Å²) in [5.74, 6) is 0.